The van der Waals surface area contributed by atoms with E-state index in [1.807, 2.05) is 49.3 Å². The SMILES string of the molecule is CN(C)Cc1ccc(C(CNC(=O)COc2ccccc2)c2cc(Cl)c3cccnc3c2O)o1. The fraction of sp³-hybridized carbons (Fsp3) is 0.231. The summed E-state index contributed by atoms with van der Waals surface area (Å²) in [6, 6.07) is 18.1. The number of aromatic nitrogens is 1. The third-order valence-corrected chi connectivity index (χ3v) is 5.65. The summed E-state index contributed by atoms with van der Waals surface area (Å²) < 4.78 is 11.6. The van der Waals surface area contributed by atoms with Crippen molar-refractivity contribution in [3.05, 3.63) is 89.0 Å². The molecule has 1 atom stereocenters. The zero-order chi connectivity index (χ0) is 24.1. The predicted molar refractivity (Wildman–Crippen MR) is 131 cm³/mol. The number of furan rings is 1. The van der Waals surface area contributed by atoms with Gasteiger partial charge in [-0.2, -0.15) is 0 Å². The van der Waals surface area contributed by atoms with Gasteiger partial charge in [0, 0.05) is 23.7 Å². The summed E-state index contributed by atoms with van der Waals surface area (Å²) in [5, 5.41) is 15.1. The number of halogens is 1. The number of phenolic OH excluding ortho intramolecular Hbond substituents is 1. The maximum Gasteiger partial charge on any atom is 0.257 e. The van der Waals surface area contributed by atoms with E-state index in [4.69, 9.17) is 20.8 Å². The van der Waals surface area contributed by atoms with Crippen LogP contribution < -0.4 is 10.1 Å². The van der Waals surface area contributed by atoms with Crippen molar-refractivity contribution in [2.24, 2.45) is 0 Å². The van der Waals surface area contributed by atoms with Crippen LogP contribution in [0.3, 0.4) is 0 Å². The molecule has 0 aliphatic rings. The molecule has 0 aliphatic carbocycles. The minimum Gasteiger partial charge on any atom is -0.505 e. The highest BCUT2D eigenvalue weighted by Crippen LogP contribution is 2.39. The Bertz CT molecular complexity index is 1270. The first-order valence-electron chi connectivity index (χ1n) is 10.9. The number of ether oxygens (including phenoxy) is 1. The van der Waals surface area contributed by atoms with Crippen LogP contribution in [-0.2, 0) is 11.3 Å². The van der Waals surface area contributed by atoms with Crippen molar-refractivity contribution in [1.29, 1.82) is 0 Å². The van der Waals surface area contributed by atoms with E-state index in [0.29, 0.717) is 39.5 Å². The summed E-state index contributed by atoms with van der Waals surface area (Å²) in [6.07, 6.45) is 1.60. The number of aromatic hydroxyl groups is 1. The lowest BCUT2D eigenvalue weighted by Gasteiger charge is -2.19. The molecule has 176 valence electrons. The average Bonchev–Trinajstić information content (AvgIpc) is 3.29. The molecule has 4 rings (SSSR count). The van der Waals surface area contributed by atoms with Gasteiger partial charge in [-0.05, 0) is 56.6 Å². The predicted octanol–water partition coefficient (Wildman–Crippen LogP) is 4.58. The number of benzene rings is 2. The van der Waals surface area contributed by atoms with E-state index in [0.717, 1.165) is 5.76 Å². The molecule has 2 heterocycles. The van der Waals surface area contributed by atoms with Gasteiger partial charge in [0.05, 0.1) is 17.5 Å². The molecule has 0 saturated carbocycles. The van der Waals surface area contributed by atoms with E-state index in [-0.39, 0.29) is 24.8 Å². The van der Waals surface area contributed by atoms with E-state index >= 15 is 0 Å². The fourth-order valence-electron chi connectivity index (χ4n) is 3.75. The van der Waals surface area contributed by atoms with Crippen molar-refractivity contribution >= 4 is 28.4 Å². The number of para-hydroxylation sites is 1. The van der Waals surface area contributed by atoms with Crippen molar-refractivity contribution in [3.8, 4) is 11.5 Å². The molecule has 0 radical (unpaired) electrons. The number of hydrogen-bond acceptors (Lipinski definition) is 6. The molecule has 8 heteroatoms. The van der Waals surface area contributed by atoms with Gasteiger partial charge in [-0.1, -0.05) is 29.8 Å². The molecule has 7 nitrogen and oxygen atoms in total. The normalized spacial score (nSPS) is 12.1. The van der Waals surface area contributed by atoms with Crippen molar-refractivity contribution in [2.75, 3.05) is 27.2 Å². The Morgan fingerprint density at radius 1 is 1.18 bits per heavy atom. The topological polar surface area (TPSA) is 87.8 Å². The van der Waals surface area contributed by atoms with Crippen LogP contribution in [-0.4, -0.2) is 48.1 Å². The maximum atomic E-state index is 12.5. The van der Waals surface area contributed by atoms with Crippen LogP contribution in [0.25, 0.3) is 10.9 Å². The summed E-state index contributed by atoms with van der Waals surface area (Å²) >= 11 is 6.52. The first-order chi connectivity index (χ1) is 16.4. The lowest BCUT2D eigenvalue weighted by molar-refractivity contribution is -0.123. The van der Waals surface area contributed by atoms with Crippen molar-refractivity contribution in [2.45, 2.75) is 12.5 Å². The Labute approximate surface area is 202 Å². The van der Waals surface area contributed by atoms with Crippen LogP contribution in [0, 0.1) is 0 Å². The Hall–Kier alpha value is -3.55. The van der Waals surface area contributed by atoms with E-state index in [1.54, 1.807) is 36.5 Å². The second kappa shape index (κ2) is 10.6. The van der Waals surface area contributed by atoms with Crippen LogP contribution in [0.4, 0.5) is 0 Å². The number of carbonyl (C=O) groups is 1. The highest BCUT2D eigenvalue weighted by atomic mass is 35.5. The minimum absolute atomic E-state index is 0.00495. The van der Waals surface area contributed by atoms with Crippen LogP contribution in [0.5, 0.6) is 11.5 Å². The van der Waals surface area contributed by atoms with E-state index in [9.17, 15) is 9.90 Å². The molecule has 1 unspecified atom stereocenters. The molecule has 4 aromatic rings. The van der Waals surface area contributed by atoms with Gasteiger partial charge in [0.2, 0.25) is 0 Å². The number of nitrogens with zero attached hydrogens (tertiary/aromatic N) is 2. The minimum atomic E-state index is -0.486. The number of pyridine rings is 1. The summed E-state index contributed by atoms with van der Waals surface area (Å²) in [5.41, 5.74) is 0.917. The van der Waals surface area contributed by atoms with Gasteiger partial charge in [-0.15, -0.1) is 0 Å². The molecule has 0 saturated heterocycles. The lowest BCUT2D eigenvalue weighted by Crippen LogP contribution is -2.32. The van der Waals surface area contributed by atoms with Gasteiger partial charge >= 0.3 is 0 Å². The third kappa shape index (κ3) is 5.50. The zero-order valence-corrected chi connectivity index (χ0v) is 19.7. The lowest BCUT2D eigenvalue weighted by atomic mass is 9.94. The Morgan fingerprint density at radius 3 is 2.74 bits per heavy atom. The number of carbonyl (C=O) groups excluding carboxylic acids is 1. The molecule has 34 heavy (non-hydrogen) atoms. The van der Waals surface area contributed by atoms with Gasteiger partial charge < -0.3 is 24.5 Å². The number of hydrogen-bond donors (Lipinski definition) is 2. The molecular formula is C26H26ClN3O4. The van der Waals surface area contributed by atoms with E-state index in [1.165, 1.54) is 0 Å². The Kier molecular flexibility index (Phi) is 7.35. The van der Waals surface area contributed by atoms with Gasteiger partial charge in [-0.3, -0.25) is 9.78 Å². The Balaban J connectivity index is 1.60. The molecule has 2 aromatic carbocycles. The molecule has 0 fully saturated rings. The maximum absolute atomic E-state index is 12.5. The molecule has 2 aromatic heterocycles. The Morgan fingerprint density at radius 2 is 1.97 bits per heavy atom. The number of phenols is 1. The zero-order valence-electron chi connectivity index (χ0n) is 19.0. The highest BCUT2D eigenvalue weighted by Gasteiger charge is 2.25. The van der Waals surface area contributed by atoms with Crippen LogP contribution in [0.2, 0.25) is 5.02 Å². The van der Waals surface area contributed by atoms with Crippen molar-refractivity contribution in [3.63, 3.8) is 0 Å². The first kappa shape index (κ1) is 23.6. The summed E-state index contributed by atoms with van der Waals surface area (Å²) in [4.78, 5) is 18.8. The quantitative estimate of drug-likeness (QED) is 0.365. The van der Waals surface area contributed by atoms with Gasteiger partial charge in [0.25, 0.3) is 5.91 Å². The van der Waals surface area contributed by atoms with Gasteiger partial charge in [-0.25, -0.2) is 0 Å². The third-order valence-electron chi connectivity index (χ3n) is 5.33. The van der Waals surface area contributed by atoms with E-state index < -0.39 is 5.92 Å². The van der Waals surface area contributed by atoms with Crippen LogP contribution in [0.15, 0.2) is 71.3 Å². The number of rotatable bonds is 9. The molecular weight excluding hydrogens is 454 g/mol. The smallest absolute Gasteiger partial charge is 0.257 e. The summed E-state index contributed by atoms with van der Waals surface area (Å²) in [5.74, 6) is 1.21. The second-order valence-corrected chi connectivity index (χ2v) is 8.60. The molecule has 0 aliphatic heterocycles. The van der Waals surface area contributed by atoms with Crippen LogP contribution in [0.1, 0.15) is 23.0 Å². The number of fused-ring (bicyclic) bond motifs is 1. The first-order valence-corrected chi connectivity index (χ1v) is 11.2. The summed E-state index contributed by atoms with van der Waals surface area (Å²) in [6.45, 7) is 0.664. The molecule has 1 amide bonds. The van der Waals surface area contributed by atoms with Crippen LogP contribution >= 0.6 is 11.6 Å². The number of amides is 1. The summed E-state index contributed by atoms with van der Waals surface area (Å²) in [7, 11) is 3.90. The molecule has 0 spiro atoms. The second-order valence-electron chi connectivity index (χ2n) is 8.20. The molecule has 2 N–H and O–H groups in total. The average molecular weight is 480 g/mol. The van der Waals surface area contributed by atoms with Gasteiger partial charge in [0.15, 0.2) is 6.61 Å². The molecule has 0 bridgehead atoms. The number of nitrogens with one attached hydrogen (secondary N) is 1. The van der Waals surface area contributed by atoms with Crippen molar-refractivity contribution < 1.29 is 19.1 Å². The van der Waals surface area contributed by atoms with Gasteiger partial charge in [0.1, 0.15) is 28.5 Å². The standard InChI is InChI=1S/C26H26ClN3O4/c1-30(2)15-18-10-11-23(34-18)21(14-29-24(31)16-33-17-7-4-3-5-8-17)20-13-22(27)19-9-6-12-28-25(19)26(20)32/h3-13,21,32H,14-16H2,1-2H3,(H,29,31). The highest BCUT2D eigenvalue weighted by molar-refractivity contribution is 6.35. The van der Waals surface area contributed by atoms with E-state index in [2.05, 4.69) is 10.3 Å². The fourth-order valence-corrected chi connectivity index (χ4v) is 4.02. The monoisotopic (exact) mass is 479 g/mol. The largest absolute Gasteiger partial charge is 0.505 e. The van der Waals surface area contributed by atoms with Crippen molar-refractivity contribution in [1.82, 2.24) is 15.2 Å².